The number of nitrogens with zero attached hydrogens (tertiary/aromatic N) is 2. The predicted molar refractivity (Wildman–Crippen MR) is 120 cm³/mol. The van der Waals surface area contributed by atoms with Crippen LogP contribution in [-0.2, 0) is 30.7 Å². The molecule has 0 bridgehead atoms. The Morgan fingerprint density at radius 2 is 2.03 bits per heavy atom. The van der Waals surface area contributed by atoms with Crippen LogP contribution in [0, 0.1) is 0 Å². The van der Waals surface area contributed by atoms with Crippen molar-refractivity contribution in [2.75, 3.05) is 5.75 Å². The summed E-state index contributed by atoms with van der Waals surface area (Å²) in [7, 11) is 0. The van der Waals surface area contributed by atoms with Gasteiger partial charge in [-0.1, -0.05) is 35.5 Å². The molecule has 4 rings (SSSR count). The first-order valence-electron chi connectivity index (χ1n) is 9.76. The van der Waals surface area contributed by atoms with Gasteiger partial charge < -0.3 is 5.32 Å². The zero-order valence-corrected chi connectivity index (χ0v) is 18.6. The predicted octanol–water partition coefficient (Wildman–Crippen LogP) is 4.42. The van der Waals surface area contributed by atoms with Gasteiger partial charge in [-0.3, -0.25) is 14.2 Å². The largest absolute Gasteiger partial charge is 0.351 e. The molecule has 2 heterocycles. The third-order valence-corrected chi connectivity index (χ3v) is 7.51. The van der Waals surface area contributed by atoms with Gasteiger partial charge in [0.2, 0.25) is 5.91 Å². The normalized spacial score (nSPS) is 13.4. The van der Waals surface area contributed by atoms with Crippen molar-refractivity contribution in [2.24, 2.45) is 0 Å². The Labute approximate surface area is 182 Å². The van der Waals surface area contributed by atoms with Crippen molar-refractivity contribution < 1.29 is 4.79 Å². The third kappa shape index (κ3) is 4.37. The SMILES string of the molecule is CCn1c(SCC(=O)NCc2ccc(Cl)cc2)nc2sc3c(c2c1=O)CCCC3. The fraction of sp³-hybridized carbons (Fsp3) is 0.381. The summed E-state index contributed by atoms with van der Waals surface area (Å²) < 4.78 is 1.70. The molecule has 1 amide bonds. The van der Waals surface area contributed by atoms with Crippen LogP contribution in [0.15, 0.2) is 34.2 Å². The average Bonchev–Trinajstić information content (AvgIpc) is 3.10. The van der Waals surface area contributed by atoms with Crippen LogP contribution in [-0.4, -0.2) is 21.2 Å². The summed E-state index contributed by atoms with van der Waals surface area (Å²) in [6, 6.07) is 7.38. The van der Waals surface area contributed by atoms with Crippen molar-refractivity contribution in [1.82, 2.24) is 14.9 Å². The molecule has 152 valence electrons. The highest BCUT2D eigenvalue weighted by molar-refractivity contribution is 7.99. The van der Waals surface area contributed by atoms with E-state index in [0.717, 1.165) is 35.0 Å². The average molecular weight is 448 g/mol. The van der Waals surface area contributed by atoms with Gasteiger partial charge in [-0.05, 0) is 55.9 Å². The van der Waals surface area contributed by atoms with E-state index in [1.165, 1.54) is 28.6 Å². The molecule has 2 aromatic heterocycles. The summed E-state index contributed by atoms with van der Waals surface area (Å²) in [4.78, 5) is 32.3. The molecule has 0 atom stereocenters. The molecule has 5 nitrogen and oxygen atoms in total. The van der Waals surface area contributed by atoms with Crippen molar-refractivity contribution in [1.29, 1.82) is 0 Å². The lowest BCUT2D eigenvalue weighted by molar-refractivity contribution is -0.118. The molecule has 0 saturated heterocycles. The second kappa shape index (κ2) is 8.90. The van der Waals surface area contributed by atoms with Crippen molar-refractivity contribution in [2.45, 2.75) is 50.9 Å². The number of fused-ring (bicyclic) bond motifs is 3. The molecule has 3 aromatic rings. The van der Waals surface area contributed by atoms with Gasteiger partial charge in [-0.25, -0.2) is 4.98 Å². The highest BCUT2D eigenvalue weighted by atomic mass is 35.5. The number of aryl methyl sites for hydroxylation is 2. The number of thiophene rings is 1. The molecule has 1 aliphatic rings. The summed E-state index contributed by atoms with van der Waals surface area (Å²) in [6.07, 6.45) is 4.32. The van der Waals surface area contributed by atoms with Crippen LogP contribution in [0.25, 0.3) is 10.2 Å². The van der Waals surface area contributed by atoms with Crippen LogP contribution in [0.2, 0.25) is 5.02 Å². The first-order chi connectivity index (χ1) is 14.1. The Morgan fingerprint density at radius 1 is 1.28 bits per heavy atom. The van der Waals surface area contributed by atoms with Crippen LogP contribution in [0.3, 0.4) is 0 Å². The number of aromatic nitrogens is 2. The maximum absolute atomic E-state index is 13.1. The second-order valence-corrected chi connectivity index (χ2v) is 9.49. The summed E-state index contributed by atoms with van der Waals surface area (Å²) in [6.45, 7) is 2.93. The van der Waals surface area contributed by atoms with Crippen molar-refractivity contribution in [3.05, 3.63) is 55.6 Å². The Morgan fingerprint density at radius 3 is 2.79 bits per heavy atom. The van der Waals surface area contributed by atoms with Crippen LogP contribution < -0.4 is 10.9 Å². The Kier molecular flexibility index (Phi) is 6.27. The molecule has 0 saturated carbocycles. The van der Waals surface area contributed by atoms with Crippen LogP contribution >= 0.6 is 34.7 Å². The zero-order valence-electron chi connectivity index (χ0n) is 16.2. The van der Waals surface area contributed by atoms with E-state index in [0.29, 0.717) is 23.3 Å². The molecule has 1 aromatic carbocycles. The molecular weight excluding hydrogens is 426 g/mol. The maximum Gasteiger partial charge on any atom is 0.263 e. The molecule has 1 aliphatic carbocycles. The minimum Gasteiger partial charge on any atom is -0.351 e. The standard InChI is InChI=1S/C21H22ClN3O2S2/c1-2-25-20(27)18-15-5-3-4-6-16(15)29-19(18)24-21(25)28-12-17(26)23-11-13-7-9-14(22)10-8-13/h7-10H,2-6,11-12H2,1H3,(H,23,26). The molecule has 0 spiro atoms. The second-order valence-electron chi connectivity index (χ2n) is 7.03. The topological polar surface area (TPSA) is 64.0 Å². The Hall–Kier alpha value is -1.83. The van der Waals surface area contributed by atoms with E-state index >= 15 is 0 Å². The van der Waals surface area contributed by atoms with Gasteiger partial charge in [0.05, 0.1) is 11.1 Å². The van der Waals surface area contributed by atoms with Gasteiger partial charge in [0.25, 0.3) is 5.56 Å². The molecular formula is C21H22ClN3O2S2. The van der Waals surface area contributed by atoms with Gasteiger partial charge in [-0.15, -0.1) is 11.3 Å². The van der Waals surface area contributed by atoms with Gasteiger partial charge in [0.15, 0.2) is 5.16 Å². The molecule has 0 fully saturated rings. The van der Waals surface area contributed by atoms with Gasteiger partial charge in [0.1, 0.15) is 4.83 Å². The first-order valence-corrected chi connectivity index (χ1v) is 11.9. The highest BCUT2D eigenvalue weighted by Gasteiger charge is 2.22. The number of carbonyl (C=O) groups is 1. The van der Waals surface area contributed by atoms with Gasteiger partial charge in [-0.2, -0.15) is 0 Å². The number of rotatable bonds is 6. The van der Waals surface area contributed by atoms with E-state index in [-0.39, 0.29) is 17.2 Å². The van der Waals surface area contributed by atoms with Crippen molar-refractivity contribution in [3.63, 3.8) is 0 Å². The van der Waals surface area contributed by atoms with E-state index in [1.807, 2.05) is 19.1 Å². The van der Waals surface area contributed by atoms with E-state index in [9.17, 15) is 9.59 Å². The third-order valence-electron chi connectivity index (χ3n) is 5.09. The molecule has 0 radical (unpaired) electrons. The molecule has 29 heavy (non-hydrogen) atoms. The number of hydrogen-bond donors (Lipinski definition) is 1. The lowest BCUT2D eigenvalue weighted by Crippen LogP contribution is -2.26. The van der Waals surface area contributed by atoms with E-state index in [1.54, 1.807) is 28.0 Å². The fourth-order valence-electron chi connectivity index (χ4n) is 3.59. The number of carbonyl (C=O) groups excluding carboxylic acids is 1. The van der Waals surface area contributed by atoms with Crippen LogP contribution in [0.4, 0.5) is 0 Å². The number of nitrogens with one attached hydrogen (secondary N) is 1. The summed E-state index contributed by atoms with van der Waals surface area (Å²) in [5.41, 5.74) is 2.22. The summed E-state index contributed by atoms with van der Waals surface area (Å²) in [5, 5.41) is 4.98. The van der Waals surface area contributed by atoms with Crippen molar-refractivity contribution in [3.8, 4) is 0 Å². The molecule has 1 N–H and O–H groups in total. The number of halogens is 1. The van der Waals surface area contributed by atoms with Crippen LogP contribution in [0.1, 0.15) is 35.8 Å². The van der Waals surface area contributed by atoms with E-state index in [4.69, 9.17) is 16.6 Å². The Balaban J connectivity index is 1.49. The number of benzene rings is 1. The zero-order chi connectivity index (χ0) is 20.4. The molecule has 0 unspecified atom stereocenters. The van der Waals surface area contributed by atoms with Crippen LogP contribution in [0.5, 0.6) is 0 Å². The lowest BCUT2D eigenvalue weighted by Gasteiger charge is -2.12. The lowest BCUT2D eigenvalue weighted by atomic mass is 9.97. The number of thioether (sulfide) groups is 1. The monoisotopic (exact) mass is 447 g/mol. The molecule has 8 heteroatoms. The highest BCUT2D eigenvalue weighted by Crippen LogP contribution is 2.34. The van der Waals surface area contributed by atoms with Gasteiger partial charge >= 0.3 is 0 Å². The summed E-state index contributed by atoms with van der Waals surface area (Å²) in [5.74, 6) is 0.129. The van der Waals surface area contributed by atoms with E-state index in [2.05, 4.69) is 5.32 Å². The number of hydrogen-bond acceptors (Lipinski definition) is 5. The fourth-order valence-corrected chi connectivity index (χ4v) is 5.91. The van der Waals surface area contributed by atoms with Gasteiger partial charge in [0, 0.05) is 23.0 Å². The smallest absolute Gasteiger partial charge is 0.263 e. The minimum absolute atomic E-state index is 0.0287. The number of amides is 1. The first kappa shape index (κ1) is 20.4. The molecule has 0 aliphatic heterocycles. The summed E-state index contributed by atoms with van der Waals surface area (Å²) >= 11 is 8.84. The van der Waals surface area contributed by atoms with Crippen molar-refractivity contribution >= 4 is 50.8 Å². The Bertz CT molecular complexity index is 1110. The van der Waals surface area contributed by atoms with E-state index < -0.39 is 0 Å². The maximum atomic E-state index is 13.1. The quantitative estimate of drug-likeness (QED) is 0.448. The minimum atomic E-state index is -0.0903.